The molecule has 1 saturated heterocycles. The normalized spacial score (nSPS) is 23.8. The van der Waals surface area contributed by atoms with Crippen LogP contribution in [0.5, 0.6) is 0 Å². The van der Waals surface area contributed by atoms with Crippen LogP contribution < -0.4 is 0 Å². The minimum Gasteiger partial charge on any atom is -0.336 e. The molecule has 0 bridgehead atoms. The van der Waals surface area contributed by atoms with Crippen LogP contribution in [0.4, 0.5) is 0 Å². The minimum absolute atomic E-state index is 0.000926. The van der Waals surface area contributed by atoms with E-state index in [0.717, 1.165) is 42.9 Å². The van der Waals surface area contributed by atoms with Crippen LogP contribution in [0.3, 0.4) is 0 Å². The van der Waals surface area contributed by atoms with E-state index in [9.17, 15) is 4.79 Å². The van der Waals surface area contributed by atoms with E-state index in [1.807, 2.05) is 23.1 Å². The lowest BCUT2D eigenvalue weighted by atomic mass is 9.74. The number of hydrogen-bond donors (Lipinski definition) is 1. The first-order valence-corrected chi connectivity index (χ1v) is 11.3. The van der Waals surface area contributed by atoms with E-state index < -0.39 is 0 Å². The average molecular weight is 419 g/mol. The van der Waals surface area contributed by atoms with Gasteiger partial charge in [0.25, 0.3) is 11.8 Å². The van der Waals surface area contributed by atoms with Crippen molar-refractivity contribution in [2.75, 3.05) is 13.1 Å². The molecule has 0 spiro atoms. The second-order valence-corrected chi connectivity index (χ2v) is 9.41. The molecule has 2 saturated carbocycles. The van der Waals surface area contributed by atoms with Crippen molar-refractivity contribution in [3.63, 3.8) is 0 Å². The number of nitrogens with one attached hydrogen (secondary N) is 1. The number of carbonyl (C=O) groups is 1. The summed E-state index contributed by atoms with van der Waals surface area (Å²) in [6.07, 6.45) is 11.2. The van der Waals surface area contributed by atoms with Gasteiger partial charge < -0.3 is 9.42 Å². The van der Waals surface area contributed by atoms with Gasteiger partial charge in [-0.3, -0.25) is 14.9 Å². The summed E-state index contributed by atoms with van der Waals surface area (Å²) >= 11 is 0. The molecule has 160 valence electrons. The van der Waals surface area contributed by atoms with Crippen LogP contribution in [0, 0.1) is 5.92 Å². The molecular weight excluding hydrogens is 392 g/mol. The number of aromatic amines is 1. The van der Waals surface area contributed by atoms with E-state index in [0.29, 0.717) is 30.0 Å². The van der Waals surface area contributed by atoms with E-state index in [1.165, 1.54) is 25.7 Å². The van der Waals surface area contributed by atoms with E-state index in [2.05, 4.69) is 20.3 Å². The van der Waals surface area contributed by atoms with Gasteiger partial charge in [-0.25, -0.2) is 0 Å². The summed E-state index contributed by atoms with van der Waals surface area (Å²) in [5.74, 6) is 2.44. The Kier molecular flexibility index (Phi) is 4.40. The van der Waals surface area contributed by atoms with Crippen molar-refractivity contribution in [3.05, 3.63) is 47.8 Å². The van der Waals surface area contributed by atoms with E-state index in [1.54, 1.807) is 12.4 Å². The molecule has 1 unspecified atom stereocenters. The summed E-state index contributed by atoms with van der Waals surface area (Å²) in [7, 11) is 0. The Morgan fingerprint density at radius 1 is 1.29 bits per heavy atom. The van der Waals surface area contributed by atoms with Crippen LogP contribution in [0.25, 0.3) is 11.5 Å². The fraction of sp³-hybridized carbons (Fsp3) is 0.522. The Hall–Kier alpha value is -3.03. The van der Waals surface area contributed by atoms with Crippen LogP contribution in [-0.2, 0) is 5.41 Å². The smallest absolute Gasteiger partial charge is 0.274 e. The number of pyridine rings is 1. The van der Waals surface area contributed by atoms with Crippen LogP contribution in [0.2, 0.25) is 0 Å². The molecule has 1 atom stereocenters. The number of aromatic nitrogens is 5. The number of rotatable bonds is 6. The predicted molar refractivity (Wildman–Crippen MR) is 112 cm³/mol. The van der Waals surface area contributed by atoms with Crippen LogP contribution in [-0.4, -0.2) is 49.2 Å². The molecule has 8 heteroatoms. The molecule has 31 heavy (non-hydrogen) atoms. The summed E-state index contributed by atoms with van der Waals surface area (Å²) in [6.45, 7) is 1.35. The number of carbonyl (C=O) groups excluding carboxylic acids is 1. The topological polar surface area (TPSA) is 101 Å². The predicted octanol–water partition coefficient (Wildman–Crippen LogP) is 3.71. The Balaban J connectivity index is 1.28. The number of piperidine rings is 1. The van der Waals surface area contributed by atoms with Crippen molar-refractivity contribution in [1.29, 1.82) is 0 Å². The molecule has 2 aliphatic carbocycles. The molecule has 4 heterocycles. The van der Waals surface area contributed by atoms with Gasteiger partial charge in [0.1, 0.15) is 5.69 Å². The number of H-pyrrole nitrogens is 1. The highest BCUT2D eigenvalue weighted by Gasteiger charge is 2.46. The Labute approximate surface area is 180 Å². The maximum Gasteiger partial charge on any atom is 0.274 e. The van der Waals surface area contributed by atoms with Gasteiger partial charge in [0, 0.05) is 37.1 Å². The van der Waals surface area contributed by atoms with Crippen molar-refractivity contribution < 1.29 is 9.32 Å². The first-order chi connectivity index (χ1) is 15.2. The summed E-state index contributed by atoms with van der Waals surface area (Å²) in [4.78, 5) is 24.2. The molecule has 1 aliphatic heterocycles. The maximum atomic E-state index is 13.3. The molecular formula is C23H26N6O2. The fourth-order valence-electron chi connectivity index (χ4n) is 4.88. The van der Waals surface area contributed by atoms with Crippen molar-refractivity contribution in [3.8, 4) is 11.5 Å². The maximum absolute atomic E-state index is 13.3. The Bertz CT molecular complexity index is 1080. The summed E-state index contributed by atoms with van der Waals surface area (Å²) < 4.78 is 5.63. The van der Waals surface area contributed by atoms with Crippen molar-refractivity contribution in [1.82, 2.24) is 30.2 Å². The van der Waals surface area contributed by atoms with Gasteiger partial charge in [-0.1, -0.05) is 18.0 Å². The third-order valence-corrected chi connectivity index (χ3v) is 6.88. The molecule has 8 nitrogen and oxygen atoms in total. The van der Waals surface area contributed by atoms with Crippen molar-refractivity contribution in [2.45, 2.75) is 56.3 Å². The third kappa shape index (κ3) is 3.64. The molecule has 0 aromatic carbocycles. The molecule has 6 rings (SSSR count). The largest absolute Gasteiger partial charge is 0.336 e. The quantitative estimate of drug-likeness (QED) is 0.655. The monoisotopic (exact) mass is 418 g/mol. The first kappa shape index (κ1) is 18.7. The van der Waals surface area contributed by atoms with E-state index >= 15 is 0 Å². The standard InChI is InChI=1S/C23H26N6O2/c30-21(19-11-18(26-27-19)16-6-7-16)29-10-2-8-23(14-29,12-15-4-5-15)22-25-20(31-28-22)17-3-1-9-24-13-17/h1,3,9,11,13,15-16H,2,4-8,10,12,14H2,(H,26,27). The summed E-state index contributed by atoms with van der Waals surface area (Å²) in [6, 6.07) is 5.72. The lowest BCUT2D eigenvalue weighted by molar-refractivity contribution is 0.0601. The van der Waals surface area contributed by atoms with Crippen molar-refractivity contribution >= 4 is 5.91 Å². The summed E-state index contributed by atoms with van der Waals surface area (Å²) in [5.41, 5.74) is 2.15. The van der Waals surface area contributed by atoms with Crippen LogP contribution >= 0.6 is 0 Å². The number of hydrogen-bond acceptors (Lipinski definition) is 6. The zero-order chi connectivity index (χ0) is 20.8. The SMILES string of the molecule is O=C(c1cc(C2CC2)[nH]n1)N1CCCC(CC2CC2)(c2noc(-c3cccnc3)n2)C1. The van der Waals surface area contributed by atoms with Gasteiger partial charge in [0.05, 0.1) is 11.0 Å². The first-order valence-electron chi connectivity index (χ1n) is 11.3. The van der Waals surface area contributed by atoms with Crippen LogP contribution in [0.15, 0.2) is 35.1 Å². The van der Waals surface area contributed by atoms with Gasteiger partial charge >= 0.3 is 0 Å². The van der Waals surface area contributed by atoms with Gasteiger partial charge in [-0.05, 0) is 56.2 Å². The molecule has 1 amide bonds. The lowest BCUT2D eigenvalue weighted by Crippen LogP contribution is -2.49. The molecule has 3 fully saturated rings. The second-order valence-electron chi connectivity index (χ2n) is 9.41. The highest BCUT2D eigenvalue weighted by Crippen LogP contribution is 2.46. The lowest BCUT2D eigenvalue weighted by Gasteiger charge is -2.41. The fourth-order valence-corrected chi connectivity index (χ4v) is 4.88. The average Bonchev–Trinajstić information content (AvgIpc) is 3.72. The van der Waals surface area contributed by atoms with Gasteiger partial charge in [-0.15, -0.1) is 0 Å². The van der Waals surface area contributed by atoms with Crippen molar-refractivity contribution in [2.24, 2.45) is 5.92 Å². The van der Waals surface area contributed by atoms with E-state index in [-0.39, 0.29) is 11.3 Å². The number of nitrogens with zero attached hydrogens (tertiary/aromatic N) is 5. The highest BCUT2D eigenvalue weighted by molar-refractivity contribution is 5.92. The molecule has 0 radical (unpaired) electrons. The Morgan fingerprint density at radius 2 is 2.19 bits per heavy atom. The summed E-state index contributed by atoms with van der Waals surface area (Å²) in [5, 5.41) is 11.8. The van der Waals surface area contributed by atoms with E-state index in [4.69, 9.17) is 9.51 Å². The Morgan fingerprint density at radius 3 is 2.97 bits per heavy atom. The molecule has 3 aliphatic rings. The number of amides is 1. The third-order valence-electron chi connectivity index (χ3n) is 6.88. The highest BCUT2D eigenvalue weighted by atomic mass is 16.5. The number of likely N-dealkylation sites (tertiary alicyclic amines) is 1. The van der Waals surface area contributed by atoms with Gasteiger partial charge in [0.15, 0.2) is 5.82 Å². The zero-order valence-corrected chi connectivity index (χ0v) is 17.5. The van der Waals surface area contributed by atoms with Gasteiger partial charge in [-0.2, -0.15) is 10.1 Å². The molecule has 3 aromatic rings. The molecule has 3 aromatic heterocycles. The second kappa shape index (κ2) is 7.28. The van der Waals surface area contributed by atoms with Crippen LogP contribution in [0.1, 0.15) is 72.9 Å². The molecule has 1 N–H and O–H groups in total. The minimum atomic E-state index is -0.269. The zero-order valence-electron chi connectivity index (χ0n) is 17.5. The van der Waals surface area contributed by atoms with Gasteiger partial charge in [0.2, 0.25) is 0 Å².